The molecule has 0 aliphatic carbocycles. The van der Waals surface area contributed by atoms with Crippen LogP contribution in [0.1, 0.15) is 11.4 Å². The van der Waals surface area contributed by atoms with Crippen molar-refractivity contribution in [2.24, 2.45) is 10.9 Å². The molecule has 0 spiro atoms. The van der Waals surface area contributed by atoms with Gasteiger partial charge in [0.25, 0.3) is 5.78 Å². The molecule has 0 aliphatic rings. The van der Waals surface area contributed by atoms with Crippen LogP contribution in [0.5, 0.6) is 0 Å². The van der Waals surface area contributed by atoms with Gasteiger partial charge in [-0.3, -0.25) is 0 Å². The molecular weight excluding hydrogens is 240 g/mol. The van der Waals surface area contributed by atoms with E-state index in [1.54, 1.807) is 4.52 Å². The van der Waals surface area contributed by atoms with Gasteiger partial charge in [-0.2, -0.15) is 4.98 Å². The summed E-state index contributed by atoms with van der Waals surface area (Å²) in [6, 6.07) is 1.93. The summed E-state index contributed by atoms with van der Waals surface area (Å²) in [5.41, 5.74) is 7.24. The van der Waals surface area contributed by atoms with Crippen molar-refractivity contribution >= 4 is 23.4 Å². The van der Waals surface area contributed by atoms with E-state index in [0.29, 0.717) is 16.7 Å². The fourth-order valence-electron chi connectivity index (χ4n) is 1.38. The van der Waals surface area contributed by atoms with Gasteiger partial charge in [0.15, 0.2) is 0 Å². The molecule has 3 N–H and O–H groups in total. The molecular formula is C9H12N6OS. The lowest BCUT2D eigenvalue weighted by molar-refractivity contribution is 0.318. The second-order valence-corrected chi connectivity index (χ2v) is 4.47. The first kappa shape index (κ1) is 11.6. The molecule has 17 heavy (non-hydrogen) atoms. The molecule has 0 fully saturated rings. The predicted molar refractivity (Wildman–Crippen MR) is 64.4 cm³/mol. The zero-order chi connectivity index (χ0) is 12.4. The highest BCUT2D eigenvalue weighted by molar-refractivity contribution is 7.99. The second-order valence-electron chi connectivity index (χ2n) is 3.53. The van der Waals surface area contributed by atoms with E-state index in [9.17, 15) is 0 Å². The standard InChI is InChI=1S/C9H12N6OS/c1-5-3-6(2)15-8(11-5)12-9(13-15)17-4-7(10)14-16/h3,16H,4H2,1-2H3,(H2,10,14). The van der Waals surface area contributed by atoms with Gasteiger partial charge in [-0.1, -0.05) is 16.9 Å². The van der Waals surface area contributed by atoms with Crippen LogP contribution >= 0.6 is 11.8 Å². The molecule has 7 nitrogen and oxygen atoms in total. The monoisotopic (exact) mass is 252 g/mol. The summed E-state index contributed by atoms with van der Waals surface area (Å²) in [6.45, 7) is 3.85. The summed E-state index contributed by atoms with van der Waals surface area (Å²) in [5.74, 6) is 1.03. The van der Waals surface area contributed by atoms with Crippen molar-refractivity contribution in [2.75, 3.05) is 5.75 Å². The van der Waals surface area contributed by atoms with Crippen LogP contribution in [0.15, 0.2) is 16.4 Å². The van der Waals surface area contributed by atoms with Crippen molar-refractivity contribution in [3.63, 3.8) is 0 Å². The fourth-order valence-corrected chi connectivity index (χ4v) is 2.00. The SMILES string of the molecule is Cc1cc(C)n2nc(SC/C(N)=N\O)nc2n1. The predicted octanol–water partition coefficient (Wildman–Crippen LogP) is 0.580. The molecule has 0 amide bonds. The van der Waals surface area contributed by atoms with Gasteiger partial charge >= 0.3 is 0 Å². The Labute approximate surface area is 102 Å². The smallest absolute Gasteiger partial charge is 0.253 e. The van der Waals surface area contributed by atoms with Crippen LogP contribution in [0.4, 0.5) is 0 Å². The minimum Gasteiger partial charge on any atom is -0.409 e. The Balaban J connectivity index is 2.29. The zero-order valence-electron chi connectivity index (χ0n) is 9.45. The summed E-state index contributed by atoms with van der Waals surface area (Å²) in [4.78, 5) is 8.52. The van der Waals surface area contributed by atoms with Crippen LogP contribution in [0.3, 0.4) is 0 Å². The average Bonchev–Trinajstić information content (AvgIpc) is 2.69. The van der Waals surface area contributed by atoms with Gasteiger partial charge in [-0.05, 0) is 19.9 Å². The first-order chi connectivity index (χ1) is 8.10. The second kappa shape index (κ2) is 4.58. The first-order valence-corrected chi connectivity index (χ1v) is 5.89. The average molecular weight is 252 g/mol. The zero-order valence-corrected chi connectivity index (χ0v) is 10.3. The van der Waals surface area contributed by atoms with Crippen LogP contribution in [0.2, 0.25) is 0 Å². The van der Waals surface area contributed by atoms with Crippen LogP contribution in [-0.2, 0) is 0 Å². The highest BCUT2D eigenvalue weighted by Gasteiger charge is 2.08. The third-order valence-electron chi connectivity index (χ3n) is 2.08. The number of rotatable bonds is 3. The first-order valence-electron chi connectivity index (χ1n) is 4.90. The molecule has 90 valence electrons. The van der Waals surface area contributed by atoms with Gasteiger partial charge in [0, 0.05) is 11.4 Å². The van der Waals surface area contributed by atoms with E-state index in [0.717, 1.165) is 11.4 Å². The Morgan fingerprint density at radius 2 is 2.29 bits per heavy atom. The van der Waals surface area contributed by atoms with E-state index in [-0.39, 0.29) is 5.84 Å². The van der Waals surface area contributed by atoms with E-state index < -0.39 is 0 Å². The normalized spacial score (nSPS) is 12.2. The molecule has 0 saturated carbocycles. The number of fused-ring (bicyclic) bond motifs is 1. The van der Waals surface area contributed by atoms with Crippen LogP contribution < -0.4 is 5.73 Å². The third kappa shape index (κ3) is 2.47. The van der Waals surface area contributed by atoms with Gasteiger partial charge in [0.2, 0.25) is 5.16 Å². The minimum atomic E-state index is 0.134. The lowest BCUT2D eigenvalue weighted by Crippen LogP contribution is -2.14. The van der Waals surface area contributed by atoms with E-state index >= 15 is 0 Å². The minimum absolute atomic E-state index is 0.134. The Morgan fingerprint density at radius 3 is 3.00 bits per heavy atom. The van der Waals surface area contributed by atoms with Gasteiger partial charge in [0.1, 0.15) is 5.84 Å². The number of amidine groups is 1. The molecule has 0 atom stereocenters. The summed E-state index contributed by atoms with van der Waals surface area (Å²) in [5, 5.41) is 16.1. The molecule has 0 radical (unpaired) electrons. The van der Waals surface area contributed by atoms with Crippen molar-refractivity contribution in [3.05, 3.63) is 17.5 Å². The Kier molecular flexibility index (Phi) is 3.14. The van der Waals surface area contributed by atoms with Crippen molar-refractivity contribution in [1.82, 2.24) is 19.6 Å². The quantitative estimate of drug-likeness (QED) is 0.272. The third-order valence-corrected chi connectivity index (χ3v) is 2.95. The maximum absolute atomic E-state index is 8.42. The van der Waals surface area contributed by atoms with Crippen molar-refractivity contribution in [3.8, 4) is 0 Å². The fraction of sp³-hybridized carbons (Fsp3) is 0.333. The number of nitrogens with zero attached hydrogens (tertiary/aromatic N) is 5. The van der Waals surface area contributed by atoms with Crippen LogP contribution in [-0.4, -0.2) is 36.4 Å². The lowest BCUT2D eigenvalue weighted by atomic mass is 10.4. The Morgan fingerprint density at radius 1 is 1.53 bits per heavy atom. The number of hydrogen-bond donors (Lipinski definition) is 2. The molecule has 2 rings (SSSR count). The van der Waals surface area contributed by atoms with Crippen molar-refractivity contribution in [1.29, 1.82) is 0 Å². The van der Waals surface area contributed by atoms with E-state index in [4.69, 9.17) is 10.9 Å². The largest absolute Gasteiger partial charge is 0.409 e. The number of nitrogens with two attached hydrogens (primary N) is 1. The molecule has 0 unspecified atom stereocenters. The van der Waals surface area contributed by atoms with Gasteiger partial charge < -0.3 is 10.9 Å². The molecule has 0 saturated heterocycles. The number of aryl methyl sites for hydroxylation is 2. The van der Waals surface area contributed by atoms with E-state index in [1.165, 1.54) is 11.8 Å². The molecule has 2 heterocycles. The van der Waals surface area contributed by atoms with Gasteiger partial charge in [-0.25, -0.2) is 9.50 Å². The molecule has 2 aromatic rings. The van der Waals surface area contributed by atoms with Crippen molar-refractivity contribution < 1.29 is 5.21 Å². The summed E-state index contributed by atoms with van der Waals surface area (Å²) < 4.78 is 1.67. The van der Waals surface area contributed by atoms with Crippen molar-refractivity contribution in [2.45, 2.75) is 19.0 Å². The molecule has 0 bridgehead atoms. The lowest BCUT2D eigenvalue weighted by Gasteiger charge is -1.97. The number of oxime groups is 1. The Hall–Kier alpha value is -1.83. The van der Waals surface area contributed by atoms with E-state index in [2.05, 4.69) is 20.2 Å². The maximum atomic E-state index is 8.42. The molecule has 2 aromatic heterocycles. The number of hydrogen-bond acceptors (Lipinski definition) is 6. The number of aromatic nitrogens is 4. The van der Waals surface area contributed by atoms with Gasteiger partial charge in [-0.15, -0.1) is 5.10 Å². The molecule has 0 aliphatic heterocycles. The Bertz CT molecular complexity index is 578. The van der Waals surface area contributed by atoms with E-state index in [1.807, 2.05) is 19.9 Å². The summed E-state index contributed by atoms with van der Waals surface area (Å²) in [7, 11) is 0. The maximum Gasteiger partial charge on any atom is 0.253 e. The highest BCUT2D eigenvalue weighted by atomic mass is 32.2. The van der Waals surface area contributed by atoms with Crippen LogP contribution in [0.25, 0.3) is 5.78 Å². The van der Waals surface area contributed by atoms with Crippen LogP contribution in [0, 0.1) is 13.8 Å². The topological polar surface area (TPSA) is 102 Å². The van der Waals surface area contributed by atoms with Gasteiger partial charge in [0.05, 0.1) is 5.75 Å². The molecule has 8 heteroatoms. The summed E-state index contributed by atoms with van der Waals surface area (Å²) in [6.07, 6.45) is 0. The summed E-state index contributed by atoms with van der Waals surface area (Å²) >= 11 is 1.29. The highest BCUT2D eigenvalue weighted by Crippen LogP contribution is 2.14. The molecule has 0 aromatic carbocycles. The number of thioether (sulfide) groups is 1.